The molecule has 0 fully saturated rings. The Kier molecular flexibility index (Phi) is 3.76. The summed E-state index contributed by atoms with van der Waals surface area (Å²) >= 11 is 1.70. The summed E-state index contributed by atoms with van der Waals surface area (Å²) in [6.07, 6.45) is 1.06. The quantitative estimate of drug-likeness (QED) is 0.696. The van der Waals surface area contributed by atoms with Gasteiger partial charge in [-0.05, 0) is 31.0 Å². The predicted octanol–water partition coefficient (Wildman–Crippen LogP) is 4.93. The fraction of sp³-hybridized carbons (Fsp3) is 0.167. The Balaban J connectivity index is 2.03. The fourth-order valence-electron chi connectivity index (χ4n) is 2.37. The van der Waals surface area contributed by atoms with E-state index < -0.39 is 0 Å². The third kappa shape index (κ3) is 2.69. The molecule has 0 aliphatic heterocycles. The largest absolute Gasteiger partial charge is 0.398 e. The minimum absolute atomic E-state index is 0.777. The minimum Gasteiger partial charge on any atom is -0.398 e. The SMILES string of the molecule is CCc1ccc(-c2nc(-c3ccccc3N)sc2C)cc1. The van der Waals surface area contributed by atoms with Gasteiger partial charge in [0.15, 0.2) is 0 Å². The maximum atomic E-state index is 6.06. The van der Waals surface area contributed by atoms with Crippen molar-refractivity contribution in [2.24, 2.45) is 0 Å². The molecule has 21 heavy (non-hydrogen) atoms. The number of para-hydroxylation sites is 1. The van der Waals surface area contributed by atoms with E-state index in [1.807, 2.05) is 24.3 Å². The van der Waals surface area contributed by atoms with E-state index in [-0.39, 0.29) is 0 Å². The lowest BCUT2D eigenvalue weighted by Crippen LogP contribution is -1.89. The van der Waals surface area contributed by atoms with Crippen LogP contribution in [0.15, 0.2) is 48.5 Å². The monoisotopic (exact) mass is 294 g/mol. The number of rotatable bonds is 3. The summed E-state index contributed by atoms with van der Waals surface area (Å²) in [4.78, 5) is 6.03. The van der Waals surface area contributed by atoms with Crippen molar-refractivity contribution >= 4 is 17.0 Å². The molecule has 1 heterocycles. The highest BCUT2D eigenvalue weighted by Gasteiger charge is 2.12. The minimum atomic E-state index is 0.777. The summed E-state index contributed by atoms with van der Waals surface area (Å²) in [5.41, 5.74) is 11.4. The molecule has 106 valence electrons. The lowest BCUT2D eigenvalue weighted by atomic mass is 10.1. The normalized spacial score (nSPS) is 10.8. The lowest BCUT2D eigenvalue weighted by molar-refractivity contribution is 1.14. The summed E-state index contributed by atoms with van der Waals surface area (Å²) in [6.45, 7) is 4.28. The van der Waals surface area contributed by atoms with E-state index in [9.17, 15) is 0 Å². The number of anilines is 1. The van der Waals surface area contributed by atoms with Gasteiger partial charge in [0.1, 0.15) is 5.01 Å². The summed E-state index contributed by atoms with van der Waals surface area (Å²) in [6, 6.07) is 16.5. The summed E-state index contributed by atoms with van der Waals surface area (Å²) in [5.74, 6) is 0. The van der Waals surface area contributed by atoms with Gasteiger partial charge in [-0.3, -0.25) is 0 Å². The zero-order valence-corrected chi connectivity index (χ0v) is 13.1. The van der Waals surface area contributed by atoms with Gasteiger partial charge in [0, 0.05) is 21.7 Å². The first-order valence-corrected chi connectivity index (χ1v) is 7.92. The van der Waals surface area contributed by atoms with Crippen LogP contribution in [0.2, 0.25) is 0 Å². The molecule has 0 atom stereocenters. The fourth-order valence-corrected chi connectivity index (χ4v) is 3.35. The number of aromatic nitrogens is 1. The van der Waals surface area contributed by atoms with Gasteiger partial charge in [-0.15, -0.1) is 11.3 Å². The maximum Gasteiger partial charge on any atom is 0.126 e. The van der Waals surface area contributed by atoms with Crippen LogP contribution in [0, 0.1) is 6.92 Å². The lowest BCUT2D eigenvalue weighted by Gasteiger charge is -2.01. The highest BCUT2D eigenvalue weighted by molar-refractivity contribution is 7.15. The molecule has 2 N–H and O–H groups in total. The Hall–Kier alpha value is -2.13. The first-order chi connectivity index (χ1) is 10.2. The number of benzene rings is 2. The highest BCUT2D eigenvalue weighted by Crippen LogP contribution is 2.35. The molecule has 0 amide bonds. The molecule has 3 aromatic rings. The van der Waals surface area contributed by atoms with E-state index in [1.54, 1.807) is 11.3 Å². The standard InChI is InChI=1S/C18H18N2S/c1-3-13-8-10-14(11-9-13)17-12(2)21-18(20-17)15-6-4-5-7-16(15)19/h4-11H,3,19H2,1-2H3. The Labute approximate surface area is 129 Å². The van der Waals surface area contributed by atoms with Crippen LogP contribution in [-0.2, 0) is 6.42 Å². The molecule has 0 unspecified atom stereocenters. The number of aryl methyl sites for hydroxylation is 2. The predicted molar refractivity (Wildman–Crippen MR) is 91.5 cm³/mol. The second kappa shape index (κ2) is 5.70. The molecule has 3 rings (SSSR count). The van der Waals surface area contributed by atoms with E-state index in [0.29, 0.717) is 0 Å². The Morgan fingerprint density at radius 3 is 2.43 bits per heavy atom. The van der Waals surface area contributed by atoms with Crippen LogP contribution in [-0.4, -0.2) is 4.98 Å². The van der Waals surface area contributed by atoms with Gasteiger partial charge in [0.25, 0.3) is 0 Å². The van der Waals surface area contributed by atoms with Crippen LogP contribution in [0.25, 0.3) is 21.8 Å². The van der Waals surface area contributed by atoms with Crippen LogP contribution in [0.1, 0.15) is 17.4 Å². The Morgan fingerprint density at radius 1 is 1.05 bits per heavy atom. The van der Waals surface area contributed by atoms with E-state index in [4.69, 9.17) is 10.7 Å². The van der Waals surface area contributed by atoms with Crippen molar-refractivity contribution in [2.75, 3.05) is 5.73 Å². The van der Waals surface area contributed by atoms with Gasteiger partial charge in [-0.1, -0.05) is 43.3 Å². The molecule has 0 bridgehead atoms. The molecule has 0 aliphatic rings. The second-order valence-corrected chi connectivity index (χ2v) is 6.26. The van der Waals surface area contributed by atoms with Crippen molar-refractivity contribution in [1.82, 2.24) is 4.98 Å². The van der Waals surface area contributed by atoms with E-state index >= 15 is 0 Å². The van der Waals surface area contributed by atoms with Crippen LogP contribution in [0.4, 0.5) is 5.69 Å². The Morgan fingerprint density at radius 2 is 1.76 bits per heavy atom. The molecule has 1 aromatic heterocycles. The number of hydrogen-bond donors (Lipinski definition) is 1. The second-order valence-electron chi connectivity index (χ2n) is 5.06. The van der Waals surface area contributed by atoms with Gasteiger partial charge in [0.05, 0.1) is 5.69 Å². The summed E-state index contributed by atoms with van der Waals surface area (Å²) in [7, 11) is 0. The smallest absolute Gasteiger partial charge is 0.126 e. The van der Waals surface area contributed by atoms with Crippen molar-refractivity contribution in [1.29, 1.82) is 0 Å². The number of thiazole rings is 1. The molecule has 0 saturated heterocycles. The molecule has 3 heteroatoms. The molecule has 2 nitrogen and oxygen atoms in total. The maximum absolute atomic E-state index is 6.06. The van der Waals surface area contributed by atoms with Crippen molar-refractivity contribution < 1.29 is 0 Å². The number of nitrogen functional groups attached to an aromatic ring is 1. The van der Waals surface area contributed by atoms with Gasteiger partial charge in [0.2, 0.25) is 0 Å². The van der Waals surface area contributed by atoms with Gasteiger partial charge < -0.3 is 5.73 Å². The summed E-state index contributed by atoms with van der Waals surface area (Å²) in [5, 5.41) is 0.986. The average molecular weight is 294 g/mol. The van der Waals surface area contributed by atoms with Gasteiger partial charge >= 0.3 is 0 Å². The molecule has 0 spiro atoms. The molecule has 0 aliphatic carbocycles. The van der Waals surface area contributed by atoms with Crippen LogP contribution in [0.5, 0.6) is 0 Å². The van der Waals surface area contributed by atoms with Crippen LogP contribution >= 0.6 is 11.3 Å². The molecular formula is C18H18N2S. The zero-order chi connectivity index (χ0) is 14.8. The molecular weight excluding hydrogens is 276 g/mol. The third-order valence-corrected chi connectivity index (χ3v) is 4.63. The molecule has 2 aromatic carbocycles. The number of nitrogens with zero attached hydrogens (tertiary/aromatic N) is 1. The van der Waals surface area contributed by atoms with Crippen molar-refractivity contribution in [3.63, 3.8) is 0 Å². The van der Waals surface area contributed by atoms with Gasteiger partial charge in [-0.25, -0.2) is 4.98 Å². The van der Waals surface area contributed by atoms with E-state index in [0.717, 1.165) is 28.4 Å². The third-order valence-electron chi connectivity index (χ3n) is 3.62. The van der Waals surface area contributed by atoms with Gasteiger partial charge in [-0.2, -0.15) is 0 Å². The van der Waals surface area contributed by atoms with E-state index in [2.05, 4.69) is 38.1 Å². The molecule has 0 radical (unpaired) electrons. The highest BCUT2D eigenvalue weighted by atomic mass is 32.1. The molecule has 0 saturated carbocycles. The van der Waals surface area contributed by atoms with Crippen LogP contribution in [0.3, 0.4) is 0 Å². The summed E-state index contributed by atoms with van der Waals surface area (Å²) < 4.78 is 0. The first kappa shape index (κ1) is 13.8. The van der Waals surface area contributed by atoms with Crippen molar-refractivity contribution in [3.05, 3.63) is 59.0 Å². The van der Waals surface area contributed by atoms with Crippen molar-refractivity contribution in [2.45, 2.75) is 20.3 Å². The number of nitrogens with two attached hydrogens (primary N) is 1. The number of hydrogen-bond acceptors (Lipinski definition) is 3. The van der Waals surface area contributed by atoms with Crippen molar-refractivity contribution in [3.8, 4) is 21.8 Å². The zero-order valence-electron chi connectivity index (χ0n) is 12.3. The first-order valence-electron chi connectivity index (χ1n) is 7.10. The van der Waals surface area contributed by atoms with Crippen LogP contribution < -0.4 is 5.73 Å². The Bertz CT molecular complexity index is 757. The van der Waals surface area contributed by atoms with E-state index in [1.165, 1.54) is 16.0 Å². The topological polar surface area (TPSA) is 38.9 Å². The average Bonchev–Trinajstić information content (AvgIpc) is 2.89.